The van der Waals surface area contributed by atoms with Gasteiger partial charge in [-0.3, -0.25) is 5.43 Å². The molecule has 0 bridgehead atoms. The lowest BCUT2D eigenvalue weighted by Gasteiger charge is -2.10. The topological polar surface area (TPSA) is 92.7 Å². The first kappa shape index (κ1) is 18.8. The average molecular weight is 400 g/mol. The Bertz CT molecular complexity index is 1070. The van der Waals surface area contributed by atoms with Crippen molar-refractivity contribution >= 4 is 29.7 Å². The molecule has 0 aliphatic heterocycles. The molecule has 0 saturated heterocycles. The van der Waals surface area contributed by atoms with E-state index in [0.29, 0.717) is 5.69 Å². The molecule has 8 heteroatoms. The second-order valence-electron chi connectivity index (χ2n) is 5.49. The van der Waals surface area contributed by atoms with Crippen LogP contribution in [0.5, 0.6) is 0 Å². The summed E-state index contributed by atoms with van der Waals surface area (Å²) in [6.07, 6.45) is 0. The van der Waals surface area contributed by atoms with Crippen LogP contribution in [-0.2, 0) is 19.7 Å². The number of hydrogen-bond acceptors (Lipinski definition) is 6. The fourth-order valence-corrected chi connectivity index (χ4v) is 5.79. The number of nitrogens with one attached hydrogen (secondary N) is 1. The summed E-state index contributed by atoms with van der Waals surface area (Å²) in [6.45, 7) is 0. The Hall–Kier alpha value is -2.97. The lowest BCUT2D eigenvalue weighted by molar-refractivity contribution is 0.602. The van der Waals surface area contributed by atoms with Crippen LogP contribution in [0.1, 0.15) is 0 Å². The average Bonchev–Trinajstić information content (AvgIpc) is 2.70. The number of hydrazone groups is 1. The molecule has 0 aliphatic rings. The molecule has 0 aromatic heterocycles. The molecule has 0 unspecified atom stereocenters. The zero-order valence-corrected chi connectivity index (χ0v) is 15.7. The monoisotopic (exact) mass is 400 g/mol. The molecule has 0 heterocycles. The summed E-state index contributed by atoms with van der Waals surface area (Å²) in [6, 6.07) is 23.2. The van der Waals surface area contributed by atoms with Crippen molar-refractivity contribution in [3.05, 3.63) is 91.0 Å². The lowest BCUT2D eigenvalue weighted by Crippen LogP contribution is -2.26. The van der Waals surface area contributed by atoms with E-state index in [-0.39, 0.29) is 9.79 Å². The zero-order valence-electron chi connectivity index (χ0n) is 14.1. The fourth-order valence-electron chi connectivity index (χ4n) is 2.29. The Morgan fingerprint density at radius 2 is 0.963 bits per heavy atom. The summed E-state index contributed by atoms with van der Waals surface area (Å²) in [4.78, 5) is -0.309. The number of benzene rings is 3. The van der Waals surface area contributed by atoms with Crippen LogP contribution in [0.3, 0.4) is 0 Å². The number of anilines is 1. The summed E-state index contributed by atoms with van der Waals surface area (Å²) in [5.41, 5.74) is 2.99. The minimum atomic E-state index is -4.38. The van der Waals surface area contributed by atoms with Crippen molar-refractivity contribution in [1.29, 1.82) is 0 Å². The zero-order chi connectivity index (χ0) is 19.3. The van der Waals surface area contributed by atoms with Gasteiger partial charge in [-0.15, -0.1) is 0 Å². The Labute approximate surface area is 158 Å². The van der Waals surface area contributed by atoms with E-state index in [2.05, 4.69) is 10.5 Å². The van der Waals surface area contributed by atoms with Gasteiger partial charge in [0.1, 0.15) is 0 Å². The third-order valence-electron chi connectivity index (χ3n) is 3.62. The van der Waals surface area contributed by atoms with Gasteiger partial charge in [0, 0.05) is 0 Å². The maximum atomic E-state index is 13.0. The second-order valence-corrected chi connectivity index (χ2v) is 9.48. The van der Waals surface area contributed by atoms with E-state index in [1.165, 1.54) is 48.5 Å². The van der Waals surface area contributed by atoms with Crippen LogP contribution < -0.4 is 5.43 Å². The number of para-hydroxylation sites is 1. The van der Waals surface area contributed by atoms with Gasteiger partial charge >= 0.3 is 0 Å². The molecule has 3 aromatic rings. The first-order valence-corrected chi connectivity index (χ1v) is 10.9. The molecule has 27 heavy (non-hydrogen) atoms. The van der Waals surface area contributed by atoms with E-state index in [4.69, 9.17) is 0 Å². The second kappa shape index (κ2) is 7.73. The third-order valence-corrected chi connectivity index (χ3v) is 7.82. The van der Waals surface area contributed by atoms with Gasteiger partial charge in [0.2, 0.25) is 19.7 Å². The molecule has 1 N–H and O–H groups in total. The highest BCUT2D eigenvalue weighted by molar-refractivity contribution is 8.31. The number of hydrogen-bond donors (Lipinski definition) is 1. The van der Waals surface area contributed by atoms with Gasteiger partial charge in [0.15, 0.2) is 0 Å². The Balaban J connectivity index is 2.15. The number of nitrogens with zero attached hydrogens (tertiary/aromatic N) is 1. The van der Waals surface area contributed by atoms with Crippen LogP contribution in [0.4, 0.5) is 5.69 Å². The molecule has 3 aromatic carbocycles. The first-order chi connectivity index (χ1) is 12.9. The normalized spacial score (nSPS) is 11.6. The largest absolute Gasteiger partial charge is 0.277 e. The van der Waals surface area contributed by atoms with Gasteiger partial charge in [-0.05, 0) is 36.4 Å². The van der Waals surface area contributed by atoms with E-state index in [0.717, 1.165) is 0 Å². The van der Waals surface area contributed by atoms with Crippen LogP contribution in [0.15, 0.2) is 106 Å². The standard InChI is InChI=1S/C19H16N2O4S2/c22-26(23,17-12-6-2-7-13-17)19(21-20-16-10-4-1-5-11-16)27(24,25)18-14-8-3-9-15-18/h1-15,20H. The van der Waals surface area contributed by atoms with E-state index in [9.17, 15) is 16.8 Å². The maximum Gasteiger partial charge on any atom is 0.275 e. The Morgan fingerprint density at radius 3 is 1.37 bits per heavy atom. The smallest absolute Gasteiger partial charge is 0.275 e. The Kier molecular flexibility index (Phi) is 5.38. The minimum absolute atomic E-state index is 0.155. The highest BCUT2D eigenvalue weighted by Gasteiger charge is 2.36. The van der Waals surface area contributed by atoms with Gasteiger partial charge in [-0.2, -0.15) is 5.10 Å². The summed E-state index contributed by atoms with van der Waals surface area (Å²) < 4.78 is 51.1. The fraction of sp³-hybridized carbons (Fsp3) is 0. The summed E-state index contributed by atoms with van der Waals surface area (Å²) in [5, 5.41) is 3.78. The molecule has 138 valence electrons. The number of sulfone groups is 2. The van der Waals surface area contributed by atoms with E-state index in [1.807, 2.05) is 0 Å². The quantitative estimate of drug-likeness (QED) is 0.412. The van der Waals surface area contributed by atoms with Crippen molar-refractivity contribution in [1.82, 2.24) is 0 Å². The van der Waals surface area contributed by atoms with Gasteiger partial charge < -0.3 is 0 Å². The predicted octanol–water partition coefficient (Wildman–Crippen LogP) is 3.32. The molecule has 0 amide bonds. The summed E-state index contributed by atoms with van der Waals surface area (Å²) in [5.74, 6) is 0. The van der Waals surface area contributed by atoms with E-state index >= 15 is 0 Å². The highest BCUT2D eigenvalue weighted by atomic mass is 32.3. The van der Waals surface area contributed by atoms with Gasteiger partial charge in [0.05, 0.1) is 15.5 Å². The van der Waals surface area contributed by atoms with Crippen LogP contribution in [0, 0.1) is 0 Å². The number of rotatable bonds is 4. The van der Waals surface area contributed by atoms with Gasteiger partial charge in [0.25, 0.3) is 4.38 Å². The van der Waals surface area contributed by atoms with Crippen molar-refractivity contribution in [2.24, 2.45) is 5.10 Å². The van der Waals surface area contributed by atoms with Crippen molar-refractivity contribution in [2.75, 3.05) is 5.43 Å². The summed E-state index contributed by atoms with van der Waals surface area (Å²) in [7, 11) is -8.76. The summed E-state index contributed by atoms with van der Waals surface area (Å²) >= 11 is 0. The predicted molar refractivity (Wildman–Crippen MR) is 105 cm³/mol. The lowest BCUT2D eigenvalue weighted by atomic mass is 10.3. The SMILES string of the molecule is O=S(=O)(C(=NNc1ccccc1)S(=O)(=O)c1ccccc1)c1ccccc1. The van der Waals surface area contributed by atoms with Crippen LogP contribution in [-0.4, -0.2) is 21.2 Å². The molecular formula is C19H16N2O4S2. The van der Waals surface area contributed by atoms with Crippen molar-refractivity contribution in [3.8, 4) is 0 Å². The molecule has 0 fully saturated rings. The molecule has 0 saturated carbocycles. The highest BCUT2D eigenvalue weighted by Crippen LogP contribution is 2.22. The van der Waals surface area contributed by atoms with E-state index in [1.54, 1.807) is 42.5 Å². The maximum absolute atomic E-state index is 13.0. The van der Waals surface area contributed by atoms with Crippen molar-refractivity contribution in [2.45, 2.75) is 9.79 Å². The molecule has 6 nitrogen and oxygen atoms in total. The molecule has 3 rings (SSSR count). The van der Waals surface area contributed by atoms with Crippen molar-refractivity contribution in [3.63, 3.8) is 0 Å². The van der Waals surface area contributed by atoms with Crippen molar-refractivity contribution < 1.29 is 16.8 Å². The Morgan fingerprint density at radius 1 is 0.593 bits per heavy atom. The molecule has 0 radical (unpaired) electrons. The first-order valence-electron chi connectivity index (χ1n) is 7.91. The minimum Gasteiger partial charge on any atom is -0.277 e. The van der Waals surface area contributed by atoms with Crippen LogP contribution >= 0.6 is 0 Å². The molecular weight excluding hydrogens is 384 g/mol. The van der Waals surface area contributed by atoms with Crippen LogP contribution in [0.2, 0.25) is 0 Å². The molecule has 0 spiro atoms. The third kappa shape index (κ3) is 4.07. The molecule has 0 atom stereocenters. The van der Waals surface area contributed by atoms with E-state index < -0.39 is 24.1 Å². The van der Waals surface area contributed by atoms with Crippen LogP contribution in [0.25, 0.3) is 0 Å². The molecule has 0 aliphatic carbocycles. The van der Waals surface area contributed by atoms with Gasteiger partial charge in [-0.25, -0.2) is 16.8 Å². The van der Waals surface area contributed by atoms with Gasteiger partial charge in [-0.1, -0.05) is 54.6 Å².